The Morgan fingerprint density at radius 1 is 0.654 bits per heavy atom. The van der Waals surface area contributed by atoms with E-state index in [1.54, 1.807) is 28.4 Å². The van der Waals surface area contributed by atoms with Gasteiger partial charge < -0.3 is 28.1 Å². The van der Waals surface area contributed by atoms with Crippen molar-refractivity contribution in [3.63, 3.8) is 0 Å². The minimum atomic E-state index is -6.09. The highest BCUT2D eigenvalue weighted by Gasteiger charge is 2.55. The van der Waals surface area contributed by atoms with E-state index in [4.69, 9.17) is 31.9 Å². The molecule has 1 heterocycles. The minimum Gasteiger partial charge on any atom is -0.741 e. The Morgan fingerprint density at radius 3 is 1.44 bits per heavy atom. The van der Waals surface area contributed by atoms with Gasteiger partial charge in [-0.05, 0) is 60.7 Å². The van der Waals surface area contributed by atoms with Gasteiger partial charge in [0.05, 0.1) is 34.0 Å². The summed E-state index contributed by atoms with van der Waals surface area (Å²) in [7, 11) is 0.207. The Hall–Kier alpha value is -5.03. The second kappa shape index (κ2) is 15.7. The summed E-state index contributed by atoms with van der Waals surface area (Å²) in [5.41, 5.74) is -2.48. The summed E-state index contributed by atoms with van der Waals surface area (Å²) in [5, 5.41) is 4.89. The third kappa shape index (κ3) is 7.19. The van der Waals surface area contributed by atoms with Crippen molar-refractivity contribution >= 4 is 44.2 Å². The molecule has 6 rings (SSSR count). The van der Waals surface area contributed by atoms with Gasteiger partial charge in [0, 0.05) is 29.8 Å². The third-order valence-corrected chi connectivity index (χ3v) is 13.9. The predicted molar refractivity (Wildman–Crippen MR) is 198 cm³/mol. The number of benzene rings is 5. The van der Waals surface area contributed by atoms with Gasteiger partial charge in [0.25, 0.3) is 0 Å². The van der Waals surface area contributed by atoms with E-state index in [2.05, 4.69) is 127 Å². The number of alkyl halides is 3. The van der Waals surface area contributed by atoms with Crippen LogP contribution in [0.2, 0.25) is 0 Å². The summed E-state index contributed by atoms with van der Waals surface area (Å²) >= 11 is 0. The highest BCUT2D eigenvalue weighted by Crippen LogP contribution is 2.70. The summed E-state index contributed by atoms with van der Waals surface area (Å²) in [6, 6.07) is 43.3. The largest absolute Gasteiger partial charge is 0.741 e. The summed E-state index contributed by atoms with van der Waals surface area (Å²) in [6.07, 6.45) is 2.27. The molecular weight excluding hydrogens is 714 g/mol. The molecule has 0 aliphatic carbocycles. The van der Waals surface area contributed by atoms with Crippen molar-refractivity contribution in [2.24, 2.45) is 7.05 Å². The van der Waals surface area contributed by atoms with Gasteiger partial charge in [-0.3, -0.25) is 0 Å². The third-order valence-electron chi connectivity index (χ3n) is 8.68. The lowest BCUT2D eigenvalue weighted by Crippen LogP contribution is -2.35. The zero-order valence-electron chi connectivity index (χ0n) is 29.0. The lowest BCUT2D eigenvalue weighted by atomic mass is 10.0. The van der Waals surface area contributed by atoms with Crippen molar-refractivity contribution in [1.82, 2.24) is 4.57 Å². The average molecular weight is 752 g/mol. The Morgan fingerprint density at radius 2 is 1.08 bits per heavy atom. The van der Waals surface area contributed by atoms with Crippen molar-refractivity contribution in [2.45, 2.75) is 11.2 Å². The van der Waals surface area contributed by atoms with E-state index in [1.807, 2.05) is 12.1 Å². The second-order valence-corrected chi connectivity index (χ2v) is 16.4. The summed E-state index contributed by atoms with van der Waals surface area (Å²) < 4.78 is 84.8. The van der Waals surface area contributed by atoms with Gasteiger partial charge in [-0.15, -0.1) is 0 Å². The van der Waals surface area contributed by atoms with E-state index in [1.165, 1.54) is 21.5 Å². The van der Waals surface area contributed by atoms with E-state index < -0.39 is 22.9 Å². The van der Waals surface area contributed by atoms with E-state index in [9.17, 15) is 13.2 Å². The molecule has 1 aromatic heterocycles. The molecule has 1 unspecified atom stereocenters. The SMILES string of the molecule is COc1cc(C(c2cn(C)c3cccc(OC)c23)[P+](c2ccccc2)(c2ccccc2)c2ccccc2)cc(OC)c1OC.O=S(=O)([O-])C(F)(F)F. The maximum absolute atomic E-state index is 10.7. The van der Waals surface area contributed by atoms with E-state index >= 15 is 0 Å². The first-order valence-electron chi connectivity index (χ1n) is 15.8. The highest BCUT2D eigenvalue weighted by molar-refractivity contribution is 7.96. The molecule has 6 aromatic rings. The molecule has 272 valence electrons. The molecule has 0 spiro atoms. The number of halogens is 3. The number of aryl methyl sites for hydroxylation is 1. The zero-order chi connectivity index (χ0) is 37.7. The van der Waals surface area contributed by atoms with Crippen LogP contribution >= 0.6 is 7.26 Å². The van der Waals surface area contributed by atoms with Crippen LogP contribution in [0.5, 0.6) is 23.0 Å². The van der Waals surface area contributed by atoms with Gasteiger partial charge in [-0.1, -0.05) is 60.7 Å². The number of fused-ring (bicyclic) bond motifs is 1. The topological polar surface area (TPSA) is 99.1 Å². The molecule has 0 saturated carbocycles. The standard InChI is InChI=1S/C38H37NO4P.CHF3O3S/c1-39-26-31(36-32(39)22-15-23-33(36)40-2)38(27-24-34(41-3)37(43-5)35(25-27)42-4)44(28-16-9-6-10-17-28,29-18-11-7-12-19-29)30-20-13-8-14-21-30;2-1(3,4)8(5,6)7/h6-26,38H,1-5H3;(H,5,6,7)/q+1;/p-1. The zero-order valence-corrected chi connectivity index (χ0v) is 30.7. The van der Waals surface area contributed by atoms with Crippen LogP contribution in [-0.4, -0.2) is 51.5 Å². The minimum absolute atomic E-state index is 0.164. The first kappa shape index (κ1) is 38.2. The van der Waals surface area contributed by atoms with Crippen molar-refractivity contribution < 1.29 is 45.1 Å². The lowest BCUT2D eigenvalue weighted by molar-refractivity contribution is -0.0517. The van der Waals surface area contributed by atoms with Crippen molar-refractivity contribution in [2.75, 3.05) is 28.4 Å². The van der Waals surface area contributed by atoms with Crippen LogP contribution in [0.3, 0.4) is 0 Å². The van der Waals surface area contributed by atoms with Gasteiger partial charge in [-0.25, -0.2) is 8.42 Å². The Kier molecular flexibility index (Phi) is 11.5. The van der Waals surface area contributed by atoms with Gasteiger partial charge >= 0.3 is 5.51 Å². The van der Waals surface area contributed by atoms with E-state index in [-0.39, 0.29) is 5.66 Å². The fourth-order valence-electron chi connectivity index (χ4n) is 6.58. The van der Waals surface area contributed by atoms with E-state index in [0.29, 0.717) is 17.2 Å². The maximum atomic E-state index is 10.7. The first-order chi connectivity index (χ1) is 24.8. The molecular formula is C39H37F3NO7PS. The normalized spacial score (nSPS) is 12.4. The number of rotatable bonds is 10. The van der Waals surface area contributed by atoms with Crippen molar-refractivity contribution in [3.8, 4) is 23.0 Å². The molecule has 0 fully saturated rings. The number of hydrogen-bond acceptors (Lipinski definition) is 7. The number of methoxy groups -OCH3 is 4. The number of aromatic nitrogens is 1. The molecule has 1 atom stereocenters. The van der Waals surface area contributed by atoms with Crippen LogP contribution < -0.4 is 34.9 Å². The number of ether oxygens (including phenoxy) is 4. The molecule has 0 radical (unpaired) electrons. The quantitative estimate of drug-likeness (QED) is 0.0821. The highest BCUT2D eigenvalue weighted by atomic mass is 32.2. The Bertz CT molecular complexity index is 2110. The number of hydrogen-bond donors (Lipinski definition) is 0. The molecule has 52 heavy (non-hydrogen) atoms. The first-order valence-corrected chi connectivity index (χ1v) is 19.1. The lowest BCUT2D eigenvalue weighted by Gasteiger charge is -2.35. The molecule has 0 aliphatic heterocycles. The van der Waals surface area contributed by atoms with Crippen LogP contribution in [0.4, 0.5) is 13.2 Å². The van der Waals surface area contributed by atoms with Crippen LogP contribution in [0.15, 0.2) is 128 Å². The van der Waals surface area contributed by atoms with Gasteiger partial charge in [0.2, 0.25) is 5.75 Å². The summed E-state index contributed by atoms with van der Waals surface area (Å²) in [5.74, 6) is 2.64. The fourth-order valence-corrected chi connectivity index (χ4v) is 11.5. The van der Waals surface area contributed by atoms with Gasteiger partial charge in [-0.2, -0.15) is 13.2 Å². The van der Waals surface area contributed by atoms with Gasteiger partial charge in [0.1, 0.15) is 34.6 Å². The van der Waals surface area contributed by atoms with Crippen LogP contribution in [0.25, 0.3) is 10.9 Å². The Balaban J connectivity index is 0.000000587. The van der Waals surface area contributed by atoms with Crippen LogP contribution in [-0.2, 0) is 17.2 Å². The second-order valence-electron chi connectivity index (χ2n) is 11.5. The predicted octanol–water partition coefficient (Wildman–Crippen LogP) is 7.35. The van der Waals surface area contributed by atoms with Gasteiger partial charge in [0.15, 0.2) is 21.6 Å². The molecule has 0 aliphatic rings. The molecule has 5 aromatic carbocycles. The molecule has 0 amide bonds. The average Bonchev–Trinajstić information content (AvgIpc) is 3.49. The van der Waals surface area contributed by atoms with Crippen LogP contribution in [0.1, 0.15) is 16.8 Å². The van der Waals surface area contributed by atoms with Crippen LogP contribution in [0, 0.1) is 0 Å². The number of nitrogens with zero attached hydrogens (tertiary/aromatic N) is 1. The van der Waals surface area contributed by atoms with Crippen molar-refractivity contribution in [1.29, 1.82) is 0 Å². The monoisotopic (exact) mass is 751 g/mol. The molecule has 0 bridgehead atoms. The summed E-state index contributed by atoms with van der Waals surface area (Å²) in [4.78, 5) is 0. The Labute approximate surface area is 301 Å². The molecule has 0 saturated heterocycles. The van der Waals surface area contributed by atoms with E-state index in [0.717, 1.165) is 22.2 Å². The summed E-state index contributed by atoms with van der Waals surface area (Å²) in [6.45, 7) is 0. The molecule has 13 heteroatoms. The maximum Gasteiger partial charge on any atom is 0.485 e. The fraction of sp³-hybridized carbons (Fsp3) is 0.179. The van der Waals surface area contributed by atoms with Crippen molar-refractivity contribution in [3.05, 3.63) is 139 Å². The molecule has 0 N–H and O–H groups in total. The smallest absolute Gasteiger partial charge is 0.485 e. The molecule has 8 nitrogen and oxygen atoms in total.